The third-order valence-electron chi connectivity index (χ3n) is 3.37. The van der Waals surface area contributed by atoms with Gasteiger partial charge in [0.25, 0.3) is 0 Å². The minimum absolute atomic E-state index is 0.685. The van der Waals surface area contributed by atoms with Crippen LogP contribution in [0.1, 0.15) is 38.9 Å². The summed E-state index contributed by atoms with van der Waals surface area (Å²) >= 11 is 0. The third kappa shape index (κ3) is 2.82. The zero-order valence-electron chi connectivity index (χ0n) is 10.3. The Balaban J connectivity index is 1.90. The summed E-state index contributed by atoms with van der Waals surface area (Å²) in [6.07, 6.45) is 6.47. The number of rotatable bonds is 4. The number of aromatic nitrogens is 3. The van der Waals surface area contributed by atoms with Gasteiger partial charge in [0.1, 0.15) is 12.2 Å². The Hall–Kier alpha value is -0.900. The van der Waals surface area contributed by atoms with Gasteiger partial charge in [0.2, 0.25) is 0 Å². The fourth-order valence-corrected chi connectivity index (χ4v) is 2.33. The monoisotopic (exact) mass is 222 g/mol. The molecule has 1 aromatic heterocycles. The van der Waals surface area contributed by atoms with Gasteiger partial charge in [0.05, 0.1) is 0 Å². The van der Waals surface area contributed by atoms with Crippen LogP contribution < -0.4 is 5.32 Å². The SMILES string of the molecule is CCCn1ncnc1CC1CCC(C)NC1. The molecule has 0 aromatic carbocycles. The molecular weight excluding hydrogens is 200 g/mol. The summed E-state index contributed by atoms with van der Waals surface area (Å²) in [6.45, 7) is 6.55. The Morgan fingerprint density at radius 1 is 1.50 bits per heavy atom. The molecule has 1 N–H and O–H groups in total. The Labute approximate surface area is 97.5 Å². The van der Waals surface area contributed by atoms with E-state index < -0.39 is 0 Å². The molecule has 0 amide bonds. The van der Waals surface area contributed by atoms with Gasteiger partial charge in [-0.05, 0) is 38.6 Å². The van der Waals surface area contributed by atoms with Crippen molar-refractivity contribution in [3.05, 3.63) is 12.2 Å². The van der Waals surface area contributed by atoms with Gasteiger partial charge < -0.3 is 5.32 Å². The molecule has 0 bridgehead atoms. The van der Waals surface area contributed by atoms with Gasteiger partial charge in [0.15, 0.2) is 0 Å². The van der Waals surface area contributed by atoms with Gasteiger partial charge in [0, 0.05) is 19.0 Å². The van der Waals surface area contributed by atoms with Crippen molar-refractivity contribution < 1.29 is 0 Å². The average Bonchev–Trinajstić information content (AvgIpc) is 2.70. The predicted octanol–water partition coefficient (Wildman–Crippen LogP) is 1.62. The van der Waals surface area contributed by atoms with Crippen LogP contribution in [0, 0.1) is 5.92 Å². The number of hydrogen-bond donors (Lipinski definition) is 1. The highest BCUT2D eigenvalue weighted by Crippen LogP contribution is 2.17. The van der Waals surface area contributed by atoms with E-state index in [1.165, 1.54) is 12.8 Å². The van der Waals surface area contributed by atoms with E-state index in [4.69, 9.17) is 0 Å². The van der Waals surface area contributed by atoms with Gasteiger partial charge >= 0.3 is 0 Å². The average molecular weight is 222 g/mol. The summed E-state index contributed by atoms with van der Waals surface area (Å²) in [7, 11) is 0. The first-order chi connectivity index (χ1) is 7.79. The summed E-state index contributed by atoms with van der Waals surface area (Å²) in [6, 6.07) is 0.685. The molecule has 90 valence electrons. The van der Waals surface area contributed by atoms with Crippen LogP contribution in [-0.4, -0.2) is 27.4 Å². The number of aryl methyl sites for hydroxylation is 1. The molecule has 4 nitrogen and oxygen atoms in total. The van der Waals surface area contributed by atoms with Crippen molar-refractivity contribution in [2.45, 2.75) is 52.1 Å². The van der Waals surface area contributed by atoms with Crippen molar-refractivity contribution in [1.82, 2.24) is 20.1 Å². The highest BCUT2D eigenvalue weighted by molar-refractivity contribution is 4.89. The van der Waals surface area contributed by atoms with E-state index in [1.807, 2.05) is 0 Å². The first kappa shape index (κ1) is 11.6. The molecule has 2 heterocycles. The van der Waals surface area contributed by atoms with Gasteiger partial charge in [-0.3, -0.25) is 4.68 Å². The summed E-state index contributed by atoms with van der Waals surface area (Å²) in [5, 5.41) is 7.81. The van der Waals surface area contributed by atoms with Gasteiger partial charge in [-0.2, -0.15) is 5.10 Å². The van der Waals surface area contributed by atoms with Crippen molar-refractivity contribution in [3.8, 4) is 0 Å². The van der Waals surface area contributed by atoms with E-state index in [2.05, 4.69) is 33.9 Å². The maximum atomic E-state index is 4.37. The molecule has 0 spiro atoms. The molecule has 2 unspecified atom stereocenters. The van der Waals surface area contributed by atoms with Crippen molar-refractivity contribution >= 4 is 0 Å². The second-order valence-corrected chi connectivity index (χ2v) is 4.86. The number of nitrogens with zero attached hydrogens (tertiary/aromatic N) is 3. The molecule has 1 aliphatic rings. The molecule has 1 fully saturated rings. The Bertz CT molecular complexity index is 313. The standard InChI is InChI=1S/C12H22N4/c1-3-6-16-12(14-9-15-16)7-11-5-4-10(2)13-8-11/h9-11,13H,3-8H2,1-2H3. The minimum Gasteiger partial charge on any atom is -0.314 e. The molecule has 16 heavy (non-hydrogen) atoms. The maximum absolute atomic E-state index is 4.37. The molecular formula is C12H22N4. The summed E-state index contributed by atoms with van der Waals surface area (Å²) in [4.78, 5) is 4.37. The van der Waals surface area contributed by atoms with Crippen LogP contribution in [-0.2, 0) is 13.0 Å². The van der Waals surface area contributed by atoms with E-state index in [1.54, 1.807) is 6.33 Å². The summed E-state index contributed by atoms with van der Waals surface area (Å²) in [5.41, 5.74) is 0. The topological polar surface area (TPSA) is 42.7 Å². The van der Waals surface area contributed by atoms with Gasteiger partial charge in [-0.15, -0.1) is 0 Å². The Morgan fingerprint density at radius 3 is 3.06 bits per heavy atom. The number of piperidine rings is 1. The second kappa shape index (κ2) is 5.43. The van der Waals surface area contributed by atoms with Crippen LogP contribution >= 0.6 is 0 Å². The molecule has 1 aliphatic heterocycles. The lowest BCUT2D eigenvalue weighted by Crippen LogP contribution is -2.37. The molecule has 4 heteroatoms. The molecule has 1 aromatic rings. The van der Waals surface area contributed by atoms with E-state index in [0.29, 0.717) is 6.04 Å². The lowest BCUT2D eigenvalue weighted by molar-refractivity contribution is 0.314. The van der Waals surface area contributed by atoms with Crippen molar-refractivity contribution in [3.63, 3.8) is 0 Å². The quantitative estimate of drug-likeness (QED) is 0.842. The first-order valence-corrected chi connectivity index (χ1v) is 6.39. The molecule has 2 atom stereocenters. The molecule has 0 radical (unpaired) electrons. The Kier molecular flexibility index (Phi) is 3.93. The summed E-state index contributed by atoms with van der Waals surface area (Å²) in [5.74, 6) is 1.89. The molecule has 1 saturated heterocycles. The van der Waals surface area contributed by atoms with E-state index in [-0.39, 0.29) is 0 Å². The van der Waals surface area contributed by atoms with Crippen molar-refractivity contribution in [2.24, 2.45) is 5.92 Å². The van der Waals surface area contributed by atoms with E-state index >= 15 is 0 Å². The molecule has 0 saturated carbocycles. The smallest absolute Gasteiger partial charge is 0.138 e. The second-order valence-electron chi connectivity index (χ2n) is 4.86. The molecule has 2 rings (SSSR count). The van der Waals surface area contributed by atoms with Crippen molar-refractivity contribution in [1.29, 1.82) is 0 Å². The van der Waals surface area contributed by atoms with Gasteiger partial charge in [-0.25, -0.2) is 4.98 Å². The predicted molar refractivity (Wildman–Crippen MR) is 64.2 cm³/mol. The minimum atomic E-state index is 0.685. The van der Waals surface area contributed by atoms with Crippen LogP contribution in [0.15, 0.2) is 6.33 Å². The fraction of sp³-hybridized carbons (Fsp3) is 0.833. The van der Waals surface area contributed by atoms with Crippen LogP contribution in [0.5, 0.6) is 0 Å². The van der Waals surface area contributed by atoms with Crippen LogP contribution in [0.2, 0.25) is 0 Å². The van der Waals surface area contributed by atoms with Crippen LogP contribution in [0.4, 0.5) is 0 Å². The zero-order chi connectivity index (χ0) is 11.4. The zero-order valence-corrected chi connectivity index (χ0v) is 10.3. The van der Waals surface area contributed by atoms with Crippen molar-refractivity contribution in [2.75, 3.05) is 6.54 Å². The fourth-order valence-electron chi connectivity index (χ4n) is 2.33. The van der Waals surface area contributed by atoms with Gasteiger partial charge in [-0.1, -0.05) is 6.92 Å². The Morgan fingerprint density at radius 2 is 2.38 bits per heavy atom. The highest BCUT2D eigenvalue weighted by atomic mass is 15.3. The summed E-state index contributed by atoms with van der Waals surface area (Å²) < 4.78 is 2.05. The van der Waals surface area contributed by atoms with E-state index in [9.17, 15) is 0 Å². The maximum Gasteiger partial charge on any atom is 0.138 e. The third-order valence-corrected chi connectivity index (χ3v) is 3.37. The lowest BCUT2D eigenvalue weighted by atomic mass is 9.92. The van der Waals surface area contributed by atoms with E-state index in [0.717, 1.165) is 37.7 Å². The lowest BCUT2D eigenvalue weighted by Gasteiger charge is -2.27. The number of hydrogen-bond acceptors (Lipinski definition) is 3. The van der Waals surface area contributed by atoms with Crippen LogP contribution in [0.3, 0.4) is 0 Å². The first-order valence-electron chi connectivity index (χ1n) is 6.39. The number of nitrogens with one attached hydrogen (secondary N) is 1. The molecule has 0 aliphatic carbocycles. The normalized spacial score (nSPS) is 25.9. The largest absolute Gasteiger partial charge is 0.314 e. The van der Waals surface area contributed by atoms with Crippen LogP contribution in [0.25, 0.3) is 0 Å². The highest BCUT2D eigenvalue weighted by Gasteiger charge is 2.19.